The molecule has 0 aliphatic carbocycles. The lowest BCUT2D eigenvalue weighted by Gasteiger charge is -2.16. The van der Waals surface area contributed by atoms with E-state index in [0.29, 0.717) is 13.2 Å². The van der Waals surface area contributed by atoms with Gasteiger partial charge in [-0.3, -0.25) is 0 Å². The Kier molecular flexibility index (Phi) is 5.72. The zero-order valence-corrected chi connectivity index (χ0v) is 8.52. The van der Waals surface area contributed by atoms with Gasteiger partial charge in [-0.1, -0.05) is 0 Å². The Morgan fingerprint density at radius 1 is 1.09 bits per heavy atom. The first-order valence-corrected chi connectivity index (χ1v) is 7.25. The Labute approximate surface area is 68.8 Å². The molecule has 0 saturated carbocycles. The van der Waals surface area contributed by atoms with Crippen molar-refractivity contribution in [2.75, 3.05) is 26.5 Å². The highest BCUT2D eigenvalue weighted by Crippen LogP contribution is 2.01. The fourth-order valence-corrected chi connectivity index (χ4v) is 1.26. The Morgan fingerprint density at radius 2 is 1.73 bits per heavy atom. The van der Waals surface area contributed by atoms with Crippen molar-refractivity contribution in [1.82, 2.24) is 0 Å². The summed E-state index contributed by atoms with van der Waals surface area (Å²) in [5, 5.41) is 0. The summed E-state index contributed by atoms with van der Waals surface area (Å²) in [7, 11) is -1.39. The van der Waals surface area contributed by atoms with Gasteiger partial charge in [0.05, 0.1) is 19.8 Å². The van der Waals surface area contributed by atoms with Crippen LogP contribution in [0.3, 0.4) is 0 Å². The van der Waals surface area contributed by atoms with Crippen LogP contribution in [0.2, 0.25) is 19.6 Å². The molecular formula is C7H17FO2Si. The highest BCUT2D eigenvalue weighted by Gasteiger charge is 2.12. The van der Waals surface area contributed by atoms with E-state index in [-0.39, 0.29) is 6.61 Å². The Hall–Kier alpha value is 0.0669. The van der Waals surface area contributed by atoms with Gasteiger partial charge in [0.15, 0.2) is 8.32 Å². The molecule has 0 rings (SSSR count). The summed E-state index contributed by atoms with van der Waals surface area (Å²) in [5.41, 5.74) is 0. The van der Waals surface area contributed by atoms with Crippen LogP contribution in [0, 0.1) is 0 Å². The highest BCUT2D eigenvalue weighted by atomic mass is 28.4. The maximum absolute atomic E-state index is 11.5. The molecule has 2 nitrogen and oxygen atoms in total. The molecular weight excluding hydrogens is 163 g/mol. The van der Waals surface area contributed by atoms with Crippen LogP contribution < -0.4 is 0 Å². The van der Waals surface area contributed by atoms with Crippen LogP contribution in [0.1, 0.15) is 0 Å². The van der Waals surface area contributed by atoms with Crippen molar-refractivity contribution in [2.45, 2.75) is 19.6 Å². The normalized spacial score (nSPS) is 12.0. The first-order valence-electron chi connectivity index (χ1n) is 3.84. The summed E-state index contributed by atoms with van der Waals surface area (Å²) >= 11 is 0. The Morgan fingerprint density at radius 3 is 2.18 bits per heavy atom. The molecule has 0 atom stereocenters. The summed E-state index contributed by atoms with van der Waals surface area (Å²) in [5.74, 6) is 0. The molecule has 0 N–H and O–H groups in total. The van der Waals surface area contributed by atoms with Crippen LogP contribution in [0.4, 0.5) is 4.39 Å². The summed E-state index contributed by atoms with van der Waals surface area (Å²) in [6.07, 6.45) is 0. The van der Waals surface area contributed by atoms with Gasteiger partial charge in [-0.2, -0.15) is 0 Å². The number of hydrogen-bond donors (Lipinski definition) is 0. The van der Waals surface area contributed by atoms with Gasteiger partial charge in [0.25, 0.3) is 0 Å². The number of hydrogen-bond acceptors (Lipinski definition) is 2. The third-order valence-corrected chi connectivity index (χ3v) is 2.05. The van der Waals surface area contributed by atoms with Crippen molar-refractivity contribution >= 4 is 8.32 Å². The summed E-state index contributed by atoms with van der Waals surface area (Å²) in [4.78, 5) is 0. The molecule has 0 amide bonds. The molecule has 0 spiro atoms. The Balaban J connectivity index is 3.02. The minimum atomic E-state index is -1.39. The standard InChI is InChI=1S/C7H17FO2Si/c1-11(2,3)10-7-6-9-5-4-8/h4-7H2,1-3H3. The van der Waals surface area contributed by atoms with E-state index in [9.17, 15) is 4.39 Å². The van der Waals surface area contributed by atoms with Gasteiger partial charge in [0, 0.05) is 0 Å². The van der Waals surface area contributed by atoms with Crippen molar-refractivity contribution in [3.05, 3.63) is 0 Å². The second kappa shape index (κ2) is 5.68. The molecule has 68 valence electrons. The summed E-state index contributed by atoms with van der Waals surface area (Å²) in [6, 6.07) is 0. The van der Waals surface area contributed by atoms with Gasteiger partial charge in [-0.15, -0.1) is 0 Å². The topological polar surface area (TPSA) is 18.5 Å². The fraction of sp³-hybridized carbons (Fsp3) is 1.00. The quantitative estimate of drug-likeness (QED) is 0.458. The smallest absolute Gasteiger partial charge is 0.183 e. The molecule has 0 bridgehead atoms. The molecule has 0 aliphatic heterocycles. The minimum Gasteiger partial charge on any atom is -0.415 e. The van der Waals surface area contributed by atoms with Gasteiger partial charge in [0.1, 0.15) is 6.67 Å². The maximum atomic E-state index is 11.5. The van der Waals surface area contributed by atoms with Gasteiger partial charge < -0.3 is 9.16 Å². The van der Waals surface area contributed by atoms with E-state index in [0.717, 1.165) is 0 Å². The first-order chi connectivity index (χ1) is 5.06. The van der Waals surface area contributed by atoms with E-state index < -0.39 is 15.0 Å². The molecule has 0 heterocycles. The van der Waals surface area contributed by atoms with Crippen molar-refractivity contribution in [3.63, 3.8) is 0 Å². The van der Waals surface area contributed by atoms with Crippen LogP contribution in [-0.2, 0) is 9.16 Å². The largest absolute Gasteiger partial charge is 0.415 e. The van der Waals surface area contributed by atoms with Crippen molar-refractivity contribution < 1.29 is 13.6 Å². The zero-order valence-electron chi connectivity index (χ0n) is 7.52. The molecule has 0 fully saturated rings. The van der Waals surface area contributed by atoms with Gasteiger partial charge in [0.2, 0.25) is 0 Å². The van der Waals surface area contributed by atoms with E-state index in [4.69, 9.17) is 9.16 Å². The second-order valence-corrected chi connectivity index (χ2v) is 7.78. The van der Waals surface area contributed by atoms with Crippen molar-refractivity contribution in [3.8, 4) is 0 Å². The second-order valence-electron chi connectivity index (χ2n) is 3.26. The van der Waals surface area contributed by atoms with E-state index in [1.807, 2.05) is 0 Å². The van der Waals surface area contributed by atoms with Crippen LogP contribution in [0.15, 0.2) is 0 Å². The molecule has 0 aromatic heterocycles. The van der Waals surface area contributed by atoms with Crippen molar-refractivity contribution in [2.24, 2.45) is 0 Å². The third-order valence-electron chi connectivity index (χ3n) is 0.984. The molecule has 11 heavy (non-hydrogen) atoms. The molecule has 0 unspecified atom stereocenters. The average molecular weight is 180 g/mol. The lowest BCUT2D eigenvalue weighted by Crippen LogP contribution is -2.27. The van der Waals surface area contributed by atoms with Crippen molar-refractivity contribution in [1.29, 1.82) is 0 Å². The summed E-state index contributed by atoms with van der Waals surface area (Å²) < 4.78 is 21.9. The molecule has 4 heteroatoms. The lowest BCUT2D eigenvalue weighted by atomic mass is 10.7. The van der Waals surface area contributed by atoms with E-state index in [1.54, 1.807) is 0 Å². The van der Waals surface area contributed by atoms with Gasteiger partial charge >= 0.3 is 0 Å². The summed E-state index contributed by atoms with van der Waals surface area (Å²) in [6.45, 7) is 7.22. The average Bonchev–Trinajstić information content (AvgIpc) is 1.85. The lowest BCUT2D eigenvalue weighted by molar-refractivity contribution is 0.0878. The zero-order chi connectivity index (χ0) is 8.74. The van der Waals surface area contributed by atoms with Gasteiger partial charge in [-0.25, -0.2) is 4.39 Å². The van der Waals surface area contributed by atoms with Gasteiger partial charge in [-0.05, 0) is 19.6 Å². The third kappa shape index (κ3) is 10.1. The van der Waals surface area contributed by atoms with Crippen LogP contribution in [0.5, 0.6) is 0 Å². The number of rotatable bonds is 6. The van der Waals surface area contributed by atoms with E-state index in [2.05, 4.69) is 19.6 Å². The van der Waals surface area contributed by atoms with Crippen LogP contribution in [0.25, 0.3) is 0 Å². The van der Waals surface area contributed by atoms with E-state index in [1.165, 1.54) is 0 Å². The van der Waals surface area contributed by atoms with Crippen LogP contribution >= 0.6 is 0 Å². The first kappa shape index (κ1) is 11.1. The fourth-order valence-electron chi connectivity index (χ4n) is 0.563. The Bertz CT molecular complexity index is 92.9. The SMILES string of the molecule is C[Si](C)(C)OCCOCCF. The molecule has 0 aliphatic rings. The van der Waals surface area contributed by atoms with E-state index >= 15 is 0 Å². The predicted octanol–water partition coefficient (Wildman–Crippen LogP) is 1.82. The molecule has 0 aromatic carbocycles. The van der Waals surface area contributed by atoms with Crippen LogP contribution in [-0.4, -0.2) is 34.8 Å². The predicted molar refractivity (Wildman–Crippen MR) is 46.1 cm³/mol. The number of ether oxygens (including phenoxy) is 1. The highest BCUT2D eigenvalue weighted by molar-refractivity contribution is 6.69. The minimum absolute atomic E-state index is 0.190. The monoisotopic (exact) mass is 180 g/mol. The maximum Gasteiger partial charge on any atom is 0.183 e. The number of alkyl halides is 1. The molecule has 0 saturated heterocycles. The molecule has 0 radical (unpaired) electrons. The number of halogens is 1. The molecule has 0 aromatic rings.